The average Bonchev–Trinajstić information content (AvgIpc) is 2.44. The van der Waals surface area contributed by atoms with Crippen molar-refractivity contribution in [1.29, 1.82) is 0 Å². The molecule has 0 atom stereocenters. The summed E-state index contributed by atoms with van der Waals surface area (Å²) in [6.07, 6.45) is 0. The number of aromatic nitrogens is 2. The zero-order valence-electron chi connectivity index (χ0n) is 13.5. The van der Waals surface area contributed by atoms with Crippen LogP contribution in [0.4, 0.5) is 5.82 Å². The first-order valence-corrected chi connectivity index (χ1v) is 7.55. The van der Waals surface area contributed by atoms with Gasteiger partial charge in [-0.1, -0.05) is 13.8 Å². The Hall–Kier alpha value is -1.40. The number of anilines is 1. The summed E-state index contributed by atoms with van der Waals surface area (Å²) in [5.41, 5.74) is 0. The number of hydrogen-bond donors (Lipinski definition) is 1. The lowest BCUT2D eigenvalue weighted by molar-refractivity contribution is 0.0800. The van der Waals surface area contributed by atoms with Gasteiger partial charge in [-0.3, -0.25) is 0 Å². The van der Waals surface area contributed by atoms with Gasteiger partial charge in [0.25, 0.3) is 0 Å². The van der Waals surface area contributed by atoms with E-state index in [0.717, 1.165) is 19.0 Å². The molecule has 120 valence electrons. The van der Waals surface area contributed by atoms with Gasteiger partial charge in [-0.15, -0.1) is 0 Å². The Labute approximate surface area is 127 Å². The van der Waals surface area contributed by atoms with E-state index in [2.05, 4.69) is 29.1 Å². The number of nitrogens with one attached hydrogen (secondary N) is 1. The van der Waals surface area contributed by atoms with Crippen LogP contribution in [0.15, 0.2) is 6.07 Å². The Balaban J connectivity index is 2.52. The van der Waals surface area contributed by atoms with Gasteiger partial charge in [0.05, 0.1) is 6.61 Å². The Bertz CT molecular complexity index is 400. The van der Waals surface area contributed by atoms with Crippen LogP contribution >= 0.6 is 0 Å². The van der Waals surface area contributed by atoms with Gasteiger partial charge in [-0.2, -0.15) is 4.98 Å². The van der Waals surface area contributed by atoms with Crippen LogP contribution in [0.5, 0.6) is 5.88 Å². The largest absolute Gasteiger partial charge is 0.475 e. The number of ether oxygens (including phenoxy) is 3. The first kappa shape index (κ1) is 17.7. The van der Waals surface area contributed by atoms with E-state index in [9.17, 15) is 0 Å². The SMILES string of the molecule is CCNc1cc(OCCOCC(C)C)nc(COCC)n1. The van der Waals surface area contributed by atoms with Crippen LogP contribution in [-0.4, -0.2) is 42.9 Å². The monoisotopic (exact) mass is 297 g/mol. The van der Waals surface area contributed by atoms with Crippen molar-refractivity contribution >= 4 is 5.82 Å². The second-order valence-corrected chi connectivity index (χ2v) is 4.99. The maximum Gasteiger partial charge on any atom is 0.218 e. The number of hydrogen-bond acceptors (Lipinski definition) is 6. The van der Waals surface area contributed by atoms with E-state index in [1.165, 1.54) is 0 Å². The van der Waals surface area contributed by atoms with Gasteiger partial charge >= 0.3 is 0 Å². The van der Waals surface area contributed by atoms with E-state index in [1.54, 1.807) is 6.07 Å². The van der Waals surface area contributed by atoms with Crippen molar-refractivity contribution in [2.45, 2.75) is 34.3 Å². The molecule has 0 spiro atoms. The standard InChI is InChI=1S/C15H27N3O3/c1-5-16-13-9-15(18-14(17-13)11-19-6-2)21-8-7-20-10-12(3)4/h9,12H,5-8,10-11H2,1-4H3,(H,16,17,18). The minimum absolute atomic E-state index is 0.385. The molecule has 0 aromatic carbocycles. The van der Waals surface area contributed by atoms with Gasteiger partial charge in [0, 0.05) is 25.8 Å². The summed E-state index contributed by atoms with van der Waals surface area (Å²) >= 11 is 0. The van der Waals surface area contributed by atoms with Crippen LogP contribution in [0, 0.1) is 5.92 Å². The molecule has 0 fully saturated rings. The summed E-state index contributed by atoms with van der Waals surface area (Å²) < 4.78 is 16.4. The summed E-state index contributed by atoms with van der Waals surface area (Å²) in [7, 11) is 0. The van der Waals surface area contributed by atoms with Crippen molar-refractivity contribution in [2.24, 2.45) is 5.92 Å². The van der Waals surface area contributed by atoms with Gasteiger partial charge in [0.2, 0.25) is 5.88 Å². The number of nitrogens with zero attached hydrogens (tertiary/aromatic N) is 2. The summed E-state index contributed by atoms with van der Waals surface area (Å²) in [4.78, 5) is 8.70. The van der Waals surface area contributed by atoms with Crippen molar-refractivity contribution < 1.29 is 14.2 Å². The Kier molecular flexibility index (Phi) is 8.69. The fraction of sp³-hybridized carbons (Fsp3) is 0.733. The second kappa shape index (κ2) is 10.3. The third kappa shape index (κ3) is 7.82. The molecule has 1 rings (SSSR count). The van der Waals surface area contributed by atoms with Crippen LogP contribution in [0.3, 0.4) is 0 Å². The lowest BCUT2D eigenvalue weighted by Crippen LogP contribution is -2.12. The highest BCUT2D eigenvalue weighted by atomic mass is 16.5. The van der Waals surface area contributed by atoms with Crippen molar-refractivity contribution in [3.05, 3.63) is 11.9 Å². The minimum Gasteiger partial charge on any atom is -0.475 e. The van der Waals surface area contributed by atoms with E-state index in [-0.39, 0.29) is 0 Å². The molecule has 0 radical (unpaired) electrons. The van der Waals surface area contributed by atoms with Crippen molar-refractivity contribution in [2.75, 3.05) is 38.3 Å². The highest BCUT2D eigenvalue weighted by Gasteiger charge is 2.06. The van der Waals surface area contributed by atoms with E-state index in [1.807, 2.05) is 13.8 Å². The Morgan fingerprint density at radius 3 is 2.62 bits per heavy atom. The summed E-state index contributed by atoms with van der Waals surface area (Å²) in [5.74, 6) is 2.44. The van der Waals surface area contributed by atoms with Gasteiger partial charge in [0.1, 0.15) is 19.0 Å². The first-order chi connectivity index (χ1) is 10.2. The molecule has 0 saturated carbocycles. The molecule has 0 bridgehead atoms. The molecule has 6 nitrogen and oxygen atoms in total. The predicted molar refractivity (Wildman–Crippen MR) is 82.7 cm³/mol. The molecule has 1 aromatic rings. The topological polar surface area (TPSA) is 65.5 Å². The van der Waals surface area contributed by atoms with E-state index < -0.39 is 0 Å². The van der Waals surface area contributed by atoms with Crippen molar-refractivity contribution in [1.82, 2.24) is 9.97 Å². The van der Waals surface area contributed by atoms with Gasteiger partial charge in [-0.05, 0) is 19.8 Å². The molecule has 0 aliphatic rings. The van der Waals surface area contributed by atoms with Crippen molar-refractivity contribution in [3.8, 4) is 5.88 Å². The fourth-order valence-electron chi connectivity index (χ4n) is 1.60. The smallest absolute Gasteiger partial charge is 0.218 e. The molecule has 6 heteroatoms. The summed E-state index contributed by atoms with van der Waals surface area (Å²) in [6.45, 7) is 11.8. The Morgan fingerprint density at radius 1 is 1.14 bits per heavy atom. The predicted octanol–water partition coefficient (Wildman–Crippen LogP) is 2.50. The summed E-state index contributed by atoms with van der Waals surface area (Å²) in [6, 6.07) is 1.79. The molecule has 0 aliphatic heterocycles. The lowest BCUT2D eigenvalue weighted by atomic mass is 10.2. The van der Waals surface area contributed by atoms with Gasteiger partial charge < -0.3 is 19.5 Å². The maximum atomic E-state index is 5.62. The average molecular weight is 297 g/mol. The van der Waals surface area contributed by atoms with Gasteiger partial charge in [-0.25, -0.2) is 4.98 Å². The maximum absolute atomic E-state index is 5.62. The van der Waals surface area contributed by atoms with Crippen LogP contribution in [0.1, 0.15) is 33.5 Å². The molecule has 1 aromatic heterocycles. The van der Waals surface area contributed by atoms with Crippen molar-refractivity contribution in [3.63, 3.8) is 0 Å². The third-order valence-corrected chi connectivity index (χ3v) is 2.47. The van der Waals surface area contributed by atoms with Crippen LogP contribution < -0.4 is 10.1 Å². The van der Waals surface area contributed by atoms with Gasteiger partial charge in [0.15, 0.2) is 5.82 Å². The van der Waals surface area contributed by atoms with E-state index >= 15 is 0 Å². The Morgan fingerprint density at radius 2 is 1.95 bits per heavy atom. The van der Waals surface area contributed by atoms with E-state index in [4.69, 9.17) is 14.2 Å². The first-order valence-electron chi connectivity index (χ1n) is 7.55. The molecular weight excluding hydrogens is 270 g/mol. The molecule has 1 heterocycles. The third-order valence-electron chi connectivity index (χ3n) is 2.47. The normalized spacial score (nSPS) is 10.9. The molecule has 21 heavy (non-hydrogen) atoms. The molecule has 1 N–H and O–H groups in total. The van der Waals surface area contributed by atoms with Crippen LogP contribution in [0.2, 0.25) is 0 Å². The zero-order valence-corrected chi connectivity index (χ0v) is 13.5. The van der Waals surface area contributed by atoms with Crippen LogP contribution in [0.25, 0.3) is 0 Å². The molecule has 0 saturated heterocycles. The lowest BCUT2D eigenvalue weighted by Gasteiger charge is -2.11. The highest BCUT2D eigenvalue weighted by Crippen LogP contribution is 2.14. The molecule has 0 unspecified atom stereocenters. The van der Waals surface area contributed by atoms with E-state index in [0.29, 0.717) is 44.0 Å². The van der Waals surface area contributed by atoms with Crippen LogP contribution in [-0.2, 0) is 16.1 Å². The molecular formula is C15H27N3O3. The molecule has 0 amide bonds. The number of rotatable bonds is 11. The molecule has 0 aliphatic carbocycles. The second-order valence-electron chi connectivity index (χ2n) is 4.99. The fourth-order valence-corrected chi connectivity index (χ4v) is 1.60. The zero-order chi connectivity index (χ0) is 15.5. The quantitative estimate of drug-likeness (QED) is 0.633. The minimum atomic E-state index is 0.385. The highest BCUT2D eigenvalue weighted by molar-refractivity contribution is 5.38. The summed E-state index contributed by atoms with van der Waals surface area (Å²) in [5, 5.41) is 3.16.